The molecule has 0 aliphatic carbocycles. The Morgan fingerprint density at radius 1 is 1.26 bits per heavy atom. The summed E-state index contributed by atoms with van der Waals surface area (Å²) in [4.78, 5) is 25.3. The fourth-order valence-corrected chi connectivity index (χ4v) is 2.64. The van der Waals surface area contributed by atoms with Crippen LogP contribution < -0.4 is 4.90 Å². The molecule has 0 saturated heterocycles. The van der Waals surface area contributed by atoms with Gasteiger partial charge in [-0.1, -0.05) is 6.07 Å². The zero-order valence-corrected chi connectivity index (χ0v) is 14.6. The minimum Gasteiger partial charge on any atom is -0.465 e. The third-order valence-electron chi connectivity index (χ3n) is 3.30. The molecule has 23 heavy (non-hydrogen) atoms. The standard InChI is InChI=1S/C17H22N2O3S/c1-4-22-17(21)12-23-11-16(20)19(9-5-8-18)15-7-6-13(2)14(3)10-15/h6-7,10H,4-5,9,11-12H2,1-3H3. The first-order valence-electron chi connectivity index (χ1n) is 7.47. The fraction of sp³-hybridized carbons (Fsp3) is 0.471. The molecule has 0 aliphatic rings. The normalized spacial score (nSPS) is 10.0. The molecule has 1 amide bonds. The van der Waals surface area contributed by atoms with Crippen LogP contribution in [0.3, 0.4) is 0 Å². The van der Waals surface area contributed by atoms with Crippen LogP contribution in [0.1, 0.15) is 24.5 Å². The lowest BCUT2D eigenvalue weighted by molar-refractivity contribution is -0.139. The van der Waals surface area contributed by atoms with Crippen molar-refractivity contribution in [1.82, 2.24) is 0 Å². The number of nitriles is 1. The number of hydrogen-bond donors (Lipinski definition) is 0. The van der Waals surface area contributed by atoms with Gasteiger partial charge in [-0.3, -0.25) is 9.59 Å². The number of nitrogens with zero attached hydrogens (tertiary/aromatic N) is 2. The maximum absolute atomic E-state index is 12.4. The van der Waals surface area contributed by atoms with Crippen LogP contribution in [0.15, 0.2) is 18.2 Å². The van der Waals surface area contributed by atoms with Crippen molar-refractivity contribution in [3.63, 3.8) is 0 Å². The Morgan fingerprint density at radius 2 is 2.00 bits per heavy atom. The number of anilines is 1. The monoisotopic (exact) mass is 334 g/mol. The van der Waals surface area contributed by atoms with Crippen molar-refractivity contribution in [1.29, 1.82) is 5.26 Å². The summed E-state index contributed by atoms with van der Waals surface area (Å²) in [6.45, 7) is 6.43. The predicted octanol–water partition coefficient (Wildman–Crippen LogP) is 2.85. The van der Waals surface area contributed by atoms with Crippen LogP contribution >= 0.6 is 11.8 Å². The molecule has 0 unspecified atom stereocenters. The quantitative estimate of drug-likeness (QED) is 0.684. The second kappa shape index (κ2) is 9.90. The Balaban J connectivity index is 2.73. The zero-order chi connectivity index (χ0) is 17.2. The Hall–Kier alpha value is -2.00. The van der Waals surface area contributed by atoms with Crippen LogP contribution in [0.2, 0.25) is 0 Å². The molecule has 0 N–H and O–H groups in total. The van der Waals surface area contributed by atoms with E-state index in [1.807, 2.05) is 32.0 Å². The topological polar surface area (TPSA) is 70.4 Å². The lowest BCUT2D eigenvalue weighted by Crippen LogP contribution is -2.33. The molecule has 124 valence electrons. The second-order valence-electron chi connectivity index (χ2n) is 5.02. The van der Waals surface area contributed by atoms with Gasteiger partial charge in [0.2, 0.25) is 5.91 Å². The van der Waals surface area contributed by atoms with Gasteiger partial charge in [0, 0.05) is 12.2 Å². The average Bonchev–Trinajstić information content (AvgIpc) is 2.51. The highest BCUT2D eigenvalue weighted by atomic mass is 32.2. The van der Waals surface area contributed by atoms with Crippen LogP contribution in [-0.4, -0.2) is 36.5 Å². The number of thioether (sulfide) groups is 1. The number of esters is 1. The number of carbonyl (C=O) groups is 2. The van der Waals surface area contributed by atoms with Crippen LogP contribution in [-0.2, 0) is 14.3 Å². The average molecular weight is 334 g/mol. The highest BCUT2D eigenvalue weighted by Crippen LogP contribution is 2.20. The van der Waals surface area contributed by atoms with E-state index in [1.165, 1.54) is 11.8 Å². The Morgan fingerprint density at radius 3 is 2.61 bits per heavy atom. The van der Waals surface area contributed by atoms with Crippen molar-refractivity contribution < 1.29 is 14.3 Å². The van der Waals surface area contributed by atoms with Crippen molar-refractivity contribution in [2.24, 2.45) is 0 Å². The first-order valence-corrected chi connectivity index (χ1v) is 8.63. The molecule has 1 aromatic rings. The van der Waals surface area contributed by atoms with Crippen LogP contribution in [0.4, 0.5) is 5.69 Å². The molecule has 0 bridgehead atoms. The number of hydrogen-bond acceptors (Lipinski definition) is 5. The number of benzene rings is 1. The maximum atomic E-state index is 12.4. The van der Waals surface area contributed by atoms with Gasteiger partial charge in [0.15, 0.2) is 0 Å². The molecule has 0 spiro atoms. The van der Waals surface area contributed by atoms with Crippen molar-refractivity contribution in [3.05, 3.63) is 29.3 Å². The summed E-state index contributed by atoms with van der Waals surface area (Å²) in [6.07, 6.45) is 0.265. The van der Waals surface area contributed by atoms with Gasteiger partial charge in [-0.15, -0.1) is 11.8 Å². The van der Waals surface area contributed by atoms with Gasteiger partial charge in [0.1, 0.15) is 0 Å². The third kappa shape index (κ3) is 6.33. The Bertz CT molecular complexity index is 596. The first-order chi connectivity index (χ1) is 11.0. The third-order valence-corrected chi connectivity index (χ3v) is 4.19. The number of rotatable bonds is 8. The molecule has 0 aliphatic heterocycles. The van der Waals surface area contributed by atoms with Crippen molar-refractivity contribution in [2.45, 2.75) is 27.2 Å². The summed E-state index contributed by atoms with van der Waals surface area (Å²) in [6, 6.07) is 7.85. The molecule has 1 rings (SSSR count). The van der Waals surface area contributed by atoms with Crippen LogP contribution in [0.5, 0.6) is 0 Å². The van der Waals surface area contributed by atoms with Gasteiger partial charge in [0.05, 0.1) is 30.6 Å². The molecule has 6 heteroatoms. The molecule has 0 atom stereocenters. The summed E-state index contributed by atoms with van der Waals surface area (Å²) >= 11 is 1.22. The molecular formula is C17H22N2O3S. The Labute approximate surface area is 141 Å². The summed E-state index contributed by atoms with van der Waals surface area (Å²) in [7, 11) is 0. The lowest BCUT2D eigenvalue weighted by atomic mass is 10.1. The minimum absolute atomic E-state index is 0.113. The van der Waals surface area contributed by atoms with E-state index >= 15 is 0 Å². The SMILES string of the molecule is CCOC(=O)CSCC(=O)N(CCC#N)c1ccc(C)c(C)c1. The van der Waals surface area contributed by atoms with E-state index in [0.717, 1.165) is 16.8 Å². The van der Waals surface area contributed by atoms with E-state index in [2.05, 4.69) is 6.07 Å². The summed E-state index contributed by atoms with van der Waals surface area (Å²) in [5.74, 6) is -0.103. The van der Waals surface area contributed by atoms with E-state index in [9.17, 15) is 9.59 Å². The van der Waals surface area contributed by atoms with Crippen molar-refractivity contribution in [3.8, 4) is 6.07 Å². The van der Waals surface area contributed by atoms with Gasteiger partial charge in [-0.2, -0.15) is 5.26 Å². The number of carbonyl (C=O) groups excluding carboxylic acids is 2. The largest absolute Gasteiger partial charge is 0.465 e. The molecule has 5 nitrogen and oxygen atoms in total. The highest BCUT2D eigenvalue weighted by Gasteiger charge is 2.16. The van der Waals surface area contributed by atoms with Crippen LogP contribution in [0.25, 0.3) is 0 Å². The van der Waals surface area contributed by atoms with Gasteiger partial charge in [-0.25, -0.2) is 0 Å². The number of aryl methyl sites for hydroxylation is 2. The number of amides is 1. The van der Waals surface area contributed by atoms with Crippen LogP contribution in [0, 0.1) is 25.2 Å². The maximum Gasteiger partial charge on any atom is 0.315 e. The van der Waals surface area contributed by atoms with Gasteiger partial charge in [-0.05, 0) is 44.0 Å². The highest BCUT2D eigenvalue weighted by molar-refractivity contribution is 8.00. The molecular weight excluding hydrogens is 312 g/mol. The van der Waals surface area contributed by atoms with Gasteiger partial charge < -0.3 is 9.64 Å². The second-order valence-corrected chi connectivity index (χ2v) is 6.01. The summed E-state index contributed by atoms with van der Waals surface area (Å²) in [5.41, 5.74) is 3.03. The van der Waals surface area contributed by atoms with E-state index < -0.39 is 0 Å². The minimum atomic E-state index is -0.319. The van der Waals surface area contributed by atoms with Gasteiger partial charge in [0.25, 0.3) is 0 Å². The van der Waals surface area contributed by atoms with Crippen molar-refractivity contribution in [2.75, 3.05) is 29.6 Å². The zero-order valence-electron chi connectivity index (χ0n) is 13.8. The molecule has 1 aromatic carbocycles. The summed E-state index contributed by atoms with van der Waals surface area (Å²) in [5, 5.41) is 8.80. The summed E-state index contributed by atoms with van der Waals surface area (Å²) < 4.78 is 4.83. The first kappa shape index (κ1) is 19.0. The number of ether oxygens (including phenoxy) is 1. The Kier molecular flexibility index (Phi) is 8.20. The van der Waals surface area contributed by atoms with E-state index in [-0.39, 0.29) is 29.8 Å². The fourth-order valence-electron chi connectivity index (χ4n) is 1.96. The van der Waals surface area contributed by atoms with Crippen molar-refractivity contribution >= 4 is 29.3 Å². The van der Waals surface area contributed by atoms with E-state index in [4.69, 9.17) is 10.00 Å². The molecule has 0 saturated carbocycles. The molecule has 0 radical (unpaired) electrons. The lowest BCUT2D eigenvalue weighted by Gasteiger charge is -2.22. The molecule has 0 aromatic heterocycles. The smallest absolute Gasteiger partial charge is 0.315 e. The van der Waals surface area contributed by atoms with E-state index in [1.54, 1.807) is 11.8 Å². The van der Waals surface area contributed by atoms with Gasteiger partial charge >= 0.3 is 5.97 Å². The molecule has 0 fully saturated rings. The van der Waals surface area contributed by atoms with E-state index in [0.29, 0.717) is 13.2 Å². The molecule has 0 heterocycles. The predicted molar refractivity (Wildman–Crippen MR) is 92.5 cm³/mol.